The van der Waals surface area contributed by atoms with Gasteiger partial charge in [-0.3, -0.25) is 14.9 Å². The number of aryl methyl sites for hydroxylation is 1. The molecule has 1 amide bonds. The summed E-state index contributed by atoms with van der Waals surface area (Å²) in [6, 6.07) is -0.621. The first-order valence-electron chi connectivity index (χ1n) is 6.69. The summed E-state index contributed by atoms with van der Waals surface area (Å²) in [6.45, 7) is 5.70. The van der Waals surface area contributed by atoms with Crippen molar-refractivity contribution in [1.29, 1.82) is 0 Å². The zero-order chi connectivity index (χ0) is 16.0. The van der Waals surface area contributed by atoms with Gasteiger partial charge < -0.3 is 10.5 Å². The van der Waals surface area contributed by atoms with Crippen molar-refractivity contribution in [2.24, 2.45) is 11.1 Å². The first-order valence-corrected chi connectivity index (χ1v) is 7.51. The van der Waals surface area contributed by atoms with Crippen LogP contribution in [0.15, 0.2) is 0 Å². The summed E-state index contributed by atoms with van der Waals surface area (Å²) < 4.78 is 4.56. The van der Waals surface area contributed by atoms with Gasteiger partial charge in [0.05, 0.1) is 13.2 Å². The van der Waals surface area contributed by atoms with Gasteiger partial charge in [-0.1, -0.05) is 32.1 Å². The van der Waals surface area contributed by atoms with Crippen LogP contribution in [0.4, 0.5) is 5.13 Å². The zero-order valence-corrected chi connectivity index (χ0v) is 14.8. The van der Waals surface area contributed by atoms with Gasteiger partial charge in [-0.05, 0) is 11.8 Å². The fourth-order valence-electron chi connectivity index (χ4n) is 1.47. The molecule has 0 aliphatic rings. The van der Waals surface area contributed by atoms with E-state index in [0.29, 0.717) is 24.4 Å². The summed E-state index contributed by atoms with van der Waals surface area (Å²) in [6.07, 6.45) is 1.59. The summed E-state index contributed by atoms with van der Waals surface area (Å²) in [7, 11) is 1.36. The van der Waals surface area contributed by atoms with Crippen molar-refractivity contribution in [2.75, 3.05) is 12.4 Å². The Morgan fingerprint density at radius 3 is 2.55 bits per heavy atom. The maximum absolute atomic E-state index is 12.0. The number of halogens is 1. The molecule has 0 radical (unpaired) electrons. The molecule has 0 aromatic carbocycles. The number of aromatic nitrogens is 2. The van der Waals surface area contributed by atoms with E-state index in [9.17, 15) is 9.59 Å². The number of rotatable bonds is 6. The molecule has 1 atom stereocenters. The second-order valence-electron chi connectivity index (χ2n) is 5.76. The molecule has 0 saturated heterocycles. The van der Waals surface area contributed by atoms with Gasteiger partial charge in [-0.15, -0.1) is 22.6 Å². The van der Waals surface area contributed by atoms with Gasteiger partial charge in [0.1, 0.15) is 5.01 Å². The molecule has 0 unspecified atom stereocenters. The number of anilines is 1. The van der Waals surface area contributed by atoms with E-state index in [-0.39, 0.29) is 29.7 Å². The van der Waals surface area contributed by atoms with E-state index in [1.165, 1.54) is 18.4 Å². The molecule has 9 heteroatoms. The third-order valence-electron chi connectivity index (χ3n) is 2.91. The van der Waals surface area contributed by atoms with Crippen molar-refractivity contribution in [3.63, 3.8) is 0 Å². The number of carbonyl (C=O) groups excluding carboxylic acids is 2. The van der Waals surface area contributed by atoms with Crippen molar-refractivity contribution in [3.05, 3.63) is 5.01 Å². The molecular formula is C13H23ClN4O3S. The van der Waals surface area contributed by atoms with Crippen molar-refractivity contribution in [1.82, 2.24) is 10.2 Å². The highest BCUT2D eigenvalue weighted by atomic mass is 35.5. The van der Waals surface area contributed by atoms with Crippen LogP contribution < -0.4 is 11.1 Å². The monoisotopic (exact) mass is 350 g/mol. The van der Waals surface area contributed by atoms with E-state index in [1.807, 2.05) is 20.8 Å². The molecular weight excluding hydrogens is 328 g/mol. The van der Waals surface area contributed by atoms with Crippen LogP contribution in [0.3, 0.4) is 0 Å². The molecule has 1 aromatic heterocycles. The number of carbonyl (C=O) groups is 2. The van der Waals surface area contributed by atoms with E-state index in [1.54, 1.807) is 0 Å². The fraction of sp³-hybridized carbons (Fsp3) is 0.692. The molecule has 1 aromatic rings. The molecule has 0 aliphatic heterocycles. The van der Waals surface area contributed by atoms with Crippen LogP contribution in [0.1, 0.15) is 38.6 Å². The van der Waals surface area contributed by atoms with Gasteiger partial charge in [0.25, 0.3) is 0 Å². The van der Waals surface area contributed by atoms with Crippen LogP contribution in [-0.2, 0) is 20.7 Å². The van der Waals surface area contributed by atoms with Crippen LogP contribution in [0.2, 0.25) is 0 Å². The largest absolute Gasteiger partial charge is 0.469 e. The maximum atomic E-state index is 12.0. The summed E-state index contributed by atoms with van der Waals surface area (Å²) in [5.74, 6) is -0.524. The minimum absolute atomic E-state index is 0. The van der Waals surface area contributed by atoms with Crippen LogP contribution in [-0.4, -0.2) is 35.2 Å². The third kappa shape index (κ3) is 6.67. The number of ether oxygens (including phenoxy) is 1. The highest BCUT2D eigenvalue weighted by molar-refractivity contribution is 7.15. The lowest BCUT2D eigenvalue weighted by atomic mass is 9.87. The first-order chi connectivity index (χ1) is 9.74. The Labute approximate surface area is 140 Å². The molecule has 0 bridgehead atoms. The highest BCUT2D eigenvalue weighted by Crippen LogP contribution is 2.21. The third-order valence-corrected chi connectivity index (χ3v) is 3.81. The second-order valence-corrected chi connectivity index (χ2v) is 6.83. The topological polar surface area (TPSA) is 107 Å². The maximum Gasteiger partial charge on any atom is 0.305 e. The van der Waals surface area contributed by atoms with Crippen molar-refractivity contribution < 1.29 is 14.3 Å². The summed E-state index contributed by atoms with van der Waals surface area (Å²) in [5.41, 5.74) is 5.55. The first kappa shape index (κ1) is 20.8. The molecule has 22 heavy (non-hydrogen) atoms. The van der Waals surface area contributed by atoms with E-state index in [0.717, 1.165) is 5.01 Å². The SMILES string of the molecule is COC(=O)CCCc1nnc(NC(=O)[C@@H](N)C(C)(C)C)s1.Cl. The Bertz CT molecular complexity index is 502. The fourth-order valence-corrected chi connectivity index (χ4v) is 2.25. The Morgan fingerprint density at radius 2 is 2.00 bits per heavy atom. The van der Waals surface area contributed by atoms with Gasteiger partial charge in [0.15, 0.2) is 0 Å². The average Bonchev–Trinajstić information content (AvgIpc) is 2.84. The minimum atomic E-state index is -0.621. The minimum Gasteiger partial charge on any atom is -0.469 e. The Kier molecular flexibility index (Phi) is 8.50. The molecule has 7 nitrogen and oxygen atoms in total. The van der Waals surface area contributed by atoms with Crippen molar-refractivity contribution in [2.45, 2.75) is 46.1 Å². The van der Waals surface area contributed by atoms with Gasteiger partial charge in [0.2, 0.25) is 11.0 Å². The predicted molar refractivity (Wildman–Crippen MR) is 88.2 cm³/mol. The molecule has 126 valence electrons. The standard InChI is InChI=1S/C13H22N4O3S.ClH/c1-13(2,3)10(14)11(19)15-12-17-16-8(21-12)6-5-7-9(18)20-4;/h10H,5-7,14H2,1-4H3,(H,15,17,19);1H/t10-;/m1./s1. The normalized spacial score (nSPS) is 12.2. The number of amides is 1. The lowest BCUT2D eigenvalue weighted by Crippen LogP contribution is -2.45. The zero-order valence-electron chi connectivity index (χ0n) is 13.2. The van der Waals surface area contributed by atoms with Gasteiger partial charge in [-0.2, -0.15) is 0 Å². The number of nitrogens with zero attached hydrogens (tertiary/aromatic N) is 2. The van der Waals surface area contributed by atoms with Crippen molar-refractivity contribution in [3.8, 4) is 0 Å². The Balaban J connectivity index is 0.00000441. The summed E-state index contributed by atoms with van der Waals surface area (Å²) in [5, 5.41) is 11.7. The van der Waals surface area contributed by atoms with E-state index < -0.39 is 6.04 Å². The summed E-state index contributed by atoms with van der Waals surface area (Å²) in [4.78, 5) is 22.9. The Hall–Kier alpha value is -1.25. The van der Waals surface area contributed by atoms with Gasteiger partial charge >= 0.3 is 5.97 Å². The number of nitrogens with one attached hydrogen (secondary N) is 1. The molecule has 0 saturated carbocycles. The number of hydrogen-bond donors (Lipinski definition) is 2. The lowest BCUT2D eigenvalue weighted by molar-refractivity contribution is -0.140. The average molecular weight is 351 g/mol. The molecule has 0 spiro atoms. The smallest absolute Gasteiger partial charge is 0.305 e. The number of esters is 1. The highest BCUT2D eigenvalue weighted by Gasteiger charge is 2.28. The van der Waals surface area contributed by atoms with Gasteiger partial charge in [0, 0.05) is 12.8 Å². The van der Waals surface area contributed by atoms with E-state index in [4.69, 9.17) is 5.73 Å². The molecule has 3 N–H and O–H groups in total. The number of nitrogens with two attached hydrogens (primary N) is 1. The predicted octanol–water partition coefficient (Wildman–Crippen LogP) is 1.77. The Morgan fingerprint density at radius 1 is 1.36 bits per heavy atom. The van der Waals surface area contributed by atoms with Crippen LogP contribution in [0.25, 0.3) is 0 Å². The lowest BCUT2D eigenvalue weighted by Gasteiger charge is -2.25. The van der Waals surface area contributed by atoms with Crippen LogP contribution >= 0.6 is 23.7 Å². The van der Waals surface area contributed by atoms with E-state index >= 15 is 0 Å². The van der Waals surface area contributed by atoms with Crippen LogP contribution in [0.5, 0.6) is 0 Å². The molecule has 1 heterocycles. The number of methoxy groups -OCH3 is 1. The molecule has 1 rings (SSSR count). The number of hydrogen-bond acceptors (Lipinski definition) is 7. The quantitative estimate of drug-likeness (QED) is 0.757. The van der Waals surface area contributed by atoms with Gasteiger partial charge in [-0.25, -0.2) is 0 Å². The molecule has 0 aliphatic carbocycles. The van der Waals surface area contributed by atoms with Crippen LogP contribution in [0, 0.1) is 5.41 Å². The second kappa shape index (κ2) is 9.02. The van der Waals surface area contributed by atoms with E-state index in [2.05, 4.69) is 20.3 Å². The summed E-state index contributed by atoms with van der Waals surface area (Å²) >= 11 is 1.29. The van der Waals surface area contributed by atoms with Crippen molar-refractivity contribution >= 4 is 40.8 Å². The molecule has 0 fully saturated rings.